The average Bonchev–Trinajstić information content (AvgIpc) is 2.45. The van der Waals surface area contributed by atoms with Crippen molar-refractivity contribution < 1.29 is 13.5 Å². The van der Waals surface area contributed by atoms with Crippen molar-refractivity contribution in [2.75, 3.05) is 6.54 Å². The smallest absolute Gasteiger partial charge is 0.142 e. The van der Waals surface area contributed by atoms with Crippen LogP contribution in [0, 0.1) is 11.6 Å². The van der Waals surface area contributed by atoms with Gasteiger partial charge in [0.15, 0.2) is 0 Å². The zero-order chi connectivity index (χ0) is 15.4. The summed E-state index contributed by atoms with van der Waals surface area (Å²) in [7, 11) is 0. The molecule has 0 fully saturated rings. The van der Waals surface area contributed by atoms with Gasteiger partial charge in [0.1, 0.15) is 23.1 Å². The Kier molecular flexibility index (Phi) is 5.15. The number of benzene rings is 2. The molecule has 0 saturated heterocycles. The molecular weight excluding hydrogens is 296 g/mol. The monoisotopic (exact) mass is 311 g/mol. The zero-order valence-corrected chi connectivity index (χ0v) is 12.5. The molecule has 5 heteroatoms. The highest BCUT2D eigenvalue weighted by Crippen LogP contribution is 2.32. The van der Waals surface area contributed by atoms with Crippen LogP contribution in [0.2, 0.25) is 5.02 Å². The van der Waals surface area contributed by atoms with Gasteiger partial charge >= 0.3 is 0 Å². The molecule has 1 N–H and O–H groups in total. The lowest BCUT2D eigenvalue weighted by atomic mass is 10.1. The van der Waals surface area contributed by atoms with E-state index in [1.54, 1.807) is 6.07 Å². The Hall–Kier alpha value is -1.65. The largest absolute Gasteiger partial charge is 0.457 e. The third-order valence-electron chi connectivity index (χ3n) is 3.07. The number of halogens is 3. The second-order valence-corrected chi connectivity index (χ2v) is 5.05. The zero-order valence-electron chi connectivity index (χ0n) is 11.8. The van der Waals surface area contributed by atoms with Gasteiger partial charge in [-0.3, -0.25) is 0 Å². The summed E-state index contributed by atoms with van der Waals surface area (Å²) in [6.45, 7) is 4.64. The normalized spacial score (nSPS) is 12.2. The van der Waals surface area contributed by atoms with Crippen LogP contribution < -0.4 is 10.1 Å². The van der Waals surface area contributed by atoms with Crippen LogP contribution >= 0.6 is 11.6 Å². The van der Waals surface area contributed by atoms with E-state index in [1.165, 1.54) is 30.3 Å². The topological polar surface area (TPSA) is 21.3 Å². The molecule has 2 aromatic rings. The van der Waals surface area contributed by atoms with Gasteiger partial charge in [0.05, 0.1) is 5.02 Å². The van der Waals surface area contributed by atoms with Crippen molar-refractivity contribution >= 4 is 11.6 Å². The highest BCUT2D eigenvalue weighted by atomic mass is 35.5. The number of ether oxygens (including phenoxy) is 1. The van der Waals surface area contributed by atoms with E-state index in [0.717, 1.165) is 6.54 Å². The van der Waals surface area contributed by atoms with Crippen LogP contribution in [0.25, 0.3) is 0 Å². The van der Waals surface area contributed by atoms with Gasteiger partial charge in [-0.25, -0.2) is 8.78 Å². The molecule has 112 valence electrons. The molecule has 0 bridgehead atoms. The van der Waals surface area contributed by atoms with E-state index in [2.05, 4.69) is 5.32 Å². The standard InChI is InChI=1S/C16H16ClF2NO/c1-3-20-10(2)13-8-11(18)4-7-16(13)21-12-5-6-15(19)14(17)9-12/h4-10,20H,3H2,1-2H3. The number of hydrogen-bond acceptors (Lipinski definition) is 2. The Bertz CT molecular complexity index is 634. The molecule has 1 atom stereocenters. The molecule has 2 aromatic carbocycles. The fraction of sp³-hybridized carbons (Fsp3) is 0.250. The quantitative estimate of drug-likeness (QED) is 0.831. The van der Waals surface area contributed by atoms with E-state index in [1.807, 2.05) is 13.8 Å². The van der Waals surface area contributed by atoms with Gasteiger partial charge in [-0.05, 0) is 43.8 Å². The van der Waals surface area contributed by atoms with Gasteiger partial charge < -0.3 is 10.1 Å². The maximum Gasteiger partial charge on any atom is 0.142 e. The first-order valence-electron chi connectivity index (χ1n) is 6.67. The predicted octanol–water partition coefficient (Wildman–Crippen LogP) is 5.08. The summed E-state index contributed by atoms with van der Waals surface area (Å²) in [5.41, 5.74) is 0.692. The maximum absolute atomic E-state index is 13.4. The van der Waals surface area contributed by atoms with Crippen LogP contribution in [0.4, 0.5) is 8.78 Å². The Labute approximate surface area is 127 Å². The van der Waals surface area contributed by atoms with Crippen molar-refractivity contribution in [2.24, 2.45) is 0 Å². The first-order chi connectivity index (χ1) is 10.0. The average molecular weight is 312 g/mol. The molecule has 0 aliphatic rings. The molecule has 0 aromatic heterocycles. The van der Waals surface area contributed by atoms with Crippen molar-refractivity contribution in [1.82, 2.24) is 5.32 Å². The van der Waals surface area contributed by atoms with Crippen LogP contribution in [0.1, 0.15) is 25.5 Å². The minimum absolute atomic E-state index is 0.0177. The highest BCUT2D eigenvalue weighted by molar-refractivity contribution is 6.30. The number of nitrogens with one attached hydrogen (secondary N) is 1. The van der Waals surface area contributed by atoms with Crippen molar-refractivity contribution in [1.29, 1.82) is 0 Å². The lowest BCUT2D eigenvalue weighted by Crippen LogP contribution is -2.18. The minimum Gasteiger partial charge on any atom is -0.457 e. The molecule has 2 nitrogen and oxygen atoms in total. The van der Waals surface area contributed by atoms with Crippen molar-refractivity contribution in [3.05, 3.63) is 58.6 Å². The molecule has 21 heavy (non-hydrogen) atoms. The van der Waals surface area contributed by atoms with Gasteiger partial charge in [-0.15, -0.1) is 0 Å². The van der Waals surface area contributed by atoms with Gasteiger partial charge in [-0.2, -0.15) is 0 Å². The molecule has 0 amide bonds. The van der Waals surface area contributed by atoms with Gasteiger partial charge in [0, 0.05) is 17.7 Å². The fourth-order valence-electron chi connectivity index (χ4n) is 2.03. The third-order valence-corrected chi connectivity index (χ3v) is 3.36. The third kappa shape index (κ3) is 3.93. The Morgan fingerprint density at radius 3 is 2.62 bits per heavy atom. The lowest BCUT2D eigenvalue weighted by Gasteiger charge is -2.17. The second-order valence-electron chi connectivity index (χ2n) is 4.64. The van der Waals surface area contributed by atoms with Crippen LogP contribution in [-0.4, -0.2) is 6.54 Å². The van der Waals surface area contributed by atoms with E-state index in [0.29, 0.717) is 17.1 Å². The number of hydrogen-bond donors (Lipinski definition) is 1. The Morgan fingerprint density at radius 1 is 1.19 bits per heavy atom. The van der Waals surface area contributed by atoms with Gasteiger partial charge in [0.25, 0.3) is 0 Å². The molecule has 1 unspecified atom stereocenters. The molecule has 0 spiro atoms. The fourth-order valence-corrected chi connectivity index (χ4v) is 2.20. The molecule has 0 heterocycles. The van der Waals surface area contributed by atoms with Crippen LogP contribution in [-0.2, 0) is 0 Å². The summed E-state index contributed by atoms with van der Waals surface area (Å²) in [5, 5.41) is 3.19. The molecule has 2 rings (SSSR count). The van der Waals surface area contributed by atoms with E-state index < -0.39 is 5.82 Å². The molecule has 0 aliphatic heterocycles. The van der Waals surface area contributed by atoms with Crippen LogP contribution in [0.5, 0.6) is 11.5 Å². The second kappa shape index (κ2) is 6.87. The number of rotatable bonds is 5. The van der Waals surface area contributed by atoms with E-state index in [-0.39, 0.29) is 16.9 Å². The Balaban J connectivity index is 2.32. The predicted molar refractivity (Wildman–Crippen MR) is 80.0 cm³/mol. The maximum atomic E-state index is 13.4. The summed E-state index contributed by atoms with van der Waals surface area (Å²) in [5.74, 6) is 0.0640. The summed E-state index contributed by atoms with van der Waals surface area (Å²) in [6, 6.07) is 8.33. The first kappa shape index (κ1) is 15.7. The summed E-state index contributed by atoms with van der Waals surface area (Å²) < 4.78 is 32.3. The lowest BCUT2D eigenvalue weighted by molar-refractivity contribution is 0.458. The van der Waals surface area contributed by atoms with Crippen molar-refractivity contribution in [3.8, 4) is 11.5 Å². The van der Waals surface area contributed by atoms with Crippen LogP contribution in [0.3, 0.4) is 0 Å². The van der Waals surface area contributed by atoms with Crippen molar-refractivity contribution in [3.63, 3.8) is 0 Å². The first-order valence-corrected chi connectivity index (χ1v) is 7.04. The highest BCUT2D eigenvalue weighted by Gasteiger charge is 2.13. The minimum atomic E-state index is -0.510. The molecular formula is C16H16ClF2NO. The molecule has 0 radical (unpaired) electrons. The summed E-state index contributed by atoms with van der Waals surface area (Å²) in [6.07, 6.45) is 0. The SMILES string of the molecule is CCNC(C)c1cc(F)ccc1Oc1ccc(F)c(Cl)c1. The van der Waals surface area contributed by atoms with Gasteiger partial charge in [0.2, 0.25) is 0 Å². The summed E-state index contributed by atoms with van der Waals surface area (Å²) >= 11 is 5.73. The van der Waals surface area contributed by atoms with Crippen molar-refractivity contribution in [2.45, 2.75) is 19.9 Å². The van der Waals surface area contributed by atoms with E-state index in [9.17, 15) is 8.78 Å². The Morgan fingerprint density at radius 2 is 1.95 bits per heavy atom. The molecule has 0 aliphatic carbocycles. The van der Waals surface area contributed by atoms with E-state index in [4.69, 9.17) is 16.3 Å². The summed E-state index contributed by atoms with van der Waals surface area (Å²) in [4.78, 5) is 0. The van der Waals surface area contributed by atoms with Gasteiger partial charge in [-0.1, -0.05) is 18.5 Å². The van der Waals surface area contributed by atoms with E-state index >= 15 is 0 Å². The molecule has 0 saturated carbocycles. The van der Waals surface area contributed by atoms with Crippen LogP contribution in [0.15, 0.2) is 36.4 Å².